The van der Waals surface area contributed by atoms with Gasteiger partial charge in [0.05, 0.1) is 11.9 Å². The number of amides is 1. The average molecular weight is 298 g/mol. The van der Waals surface area contributed by atoms with Crippen molar-refractivity contribution in [3.8, 4) is 0 Å². The van der Waals surface area contributed by atoms with Crippen LogP contribution >= 0.6 is 0 Å². The van der Waals surface area contributed by atoms with E-state index in [1.165, 1.54) is 0 Å². The van der Waals surface area contributed by atoms with E-state index in [9.17, 15) is 13.2 Å². The number of piperazine rings is 1. The Morgan fingerprint density at radius 1 is 1.30 bits per heavy atom. The number of nitrogen functional groups attached to an aromatic ring is 1. The highest BCUT2D eigenvalue weighted by molar-refractivity contribution is 7.91. The summed E-state index contributed by atoms with van der Waals surface area (Å²) in [6.45, 7) is 2.26. The van der Waals surface area contributed by atoms with Crippen molar-refractivity contribution >= 4 is 27.2 Å². The van der Waals surface area contributed by atoms with Crippen LogP contribution in [0.4, 0.5) is 11.5 Å². The summed E-state index contributed by atoms with van der Waals surface area (Å²) in [6.07, 6.45) is 2.66. The third-order valence-corrected chi connectivity index (χ3v) is 3.88. The summed E-state index contributed by atoms with van der Waals surface area (Å²) in [6, 6.07) is 3.62. The minimum Gasteiger partial charge on any atom is -0.397 e. The molecule has 8 heteroatoms. The standard InChI is InChI=1S/C12H18N4O3S/c1-20(18,19)9-12(17)16-6-4-15(5-7-16)11-3-2-10(13)8-14-11/h2-3,8H,4-7,9,13H2,1H3. The van der Waals surface area contributed by atoms with E-state index in [-0.39, 0.29) is 5.91 Å². The van der Waals surface area contributed by atoms with E-state index in [4.69, 9.17) is 5.73 Å². The van der Waals surface area contributed by atoms with Gasteiger partial charge in [0, 0.05) is 32.4 Å². The zero-order valence-corrected chi connectivity index (χ0v) is 12.1. The smallest absolute Gasteiger partial charge is 0.237 e. The first-order valence-electron chi connectivity index (χ1n) is 6.27. The fourth-order valence-electron chi connectivity index (χ4n) is 2.09. The fourth-order valence-corrected chi connectivity index (χ4v) is 2.72. The predicted octanol–water partition coefficient (Wildman–Crippen LogP) is -0.643. The molecule has 0 unspecified atom stereocenters. The molecule has 0 aromatic carbocycles. The third kappa shape index (κ3) is 3.83. The fraction of sp³-hybridized carbons (Fsp3) is 0.500. The Kier molecular flexibility index (Phi) is 4.12. The Hall–Kier alpha value is -1.83. The van der Waals surface area contributed by atoms with E-state index in [1.807, 2.05) is 11.0 Å². The molecule has 1 aromatic rings. The van der Waals surface area contributed by atoms with Gasteiger partial charge >= 0.3 is 0 Å². The van der Waals surface area contributed by atoms with Crippen molar-refractivity contribution in [2.45, 2.75) is 0 Å². The first kappa shape index (κ1) is 14.6. The highest BCUT2D eigenvalue weighted by Gasteiger charge is 2.23. The molecule has 0 atom stereocenters. The van der Waals surface area contributed by atoms with E-state index in [2.05, 4.69) is 4.98 Å². The van der Waals surface area contributed by atoms with Crippen LogP contribution in [0.2, 0.25) is 0 Å². The van der Waals surface area contributed by atoms with Crippen molar-refractivity contribution in [3.63, 3.8) is 0 Å². The molecule has 0 bridgehead atoms. The highest BCUT2D eigenvalue weighted by Crippen LogP contribution is 2.14. The number of hydrogen-bond donors (Lipinski definition) is 1. The molecule has 110 valence electrons. The van der Waals surface area contributed by atoms with Crippen molar-refractivity contribution in [2.24, 2.45) is 0 Å². The summed E-state index contributed by atoms with van der Waals surface area (Å²) in [5, 5.41) is 0. The van der Waals surface area contributed by atoms with Crippen LogP contribution in [0.25, 0.3) is 0 Å². The van der Waals surface area contributed by atoms with Crippen LogP contribution in [0.3, 0.4) is 0 Å². The van der Waals surface area contributed by atoms with Gasteiger partial charge in [-0.2, -0.15) is 0 Å². The number of nitrogens with two attached hydrogens (primary N) is 1. The maximum Gasteiger partial charge on any atom is 0.237 e. The van der Waals surface area contributed by atoms with Crippen LogP contribution in [0.15, 0.2) is 18.3 Å². The number of hydrogen-bond acceptors (Lipinski definition) is 6. The second kappa shape index (κ2) is 5.66. The summed E-state index contributed by atoms with van der Waals surface area (Å²) in [4.78, 5) is 19.7. The van der Waals surface area contributed by atoms with Gasteiger partial charge in [-0.05, 0) is 12.1 Å². The Labute approximate surface area is 118 Å². The molecule has 1 saturated heterocycles. The van der Waals surface area contributed by atoms with Gasteiger partial charge in [-0.15, -0.1) is 0 Å². The Morgan fingerprint density at radius 3 is 2.45 bits per heavy atom. The zero-order chi connectivity index (χ0) is 14.8. The topological polar surface area (TPSA) is 96.6 Å². The van der Waals surface area contributed by atoms with Gasteiger partial charge in [0.15, 0.2) is 9.84 Å². The normalized spacial score (nSPS) is 16.2. The minimum atomic E-state index is -3.27. The van der Waals surface area contributed by atoms with Gasteiger partial charge in [-0.1, -0.05) is 0 Å². The summed E-state index contributed by atoms with van der Waals surface area (Å²) in [7, 11) is -3.27. The maximum atomic E-state index is 11.8. The first-order chi connectivity index (χ1) is 9.35. The molecule has 1 aliphatic rings. The second-order valence-electron chi connectivity index (χ2n) is 4.89. The molecule has 0 spiro atoms. The number of rotatable bonds is 3. The van der Waals surface area contributed by atoms with Crippen LogP contribution in [0.5, 0.6) is 0 Å². The molecule has 2 N–H and O–H groups in total. The van der Waals surface area contributed by atoms with Gasteiger partial charge in [0.25, 0.3) is 0 Å². The van der Waals surface area contributed by atoms with Crippen molar-refractivity contribution in [3.05, 3.63) is 18.3 Å². The van der Waals surface area contributed by atoms with E-state index < -0.39 is 15.6 Å². The van der Waals surface area contributed by atoms with E-state index in [0.717, 1.165) is 12.1 Å². The van der Waals surface area contributed by atoms with E-state index in [0.29, 0.717) is 31.9 Å². The summed E-state index contributed by atoms with van der Waals surface area (Å²) >= 11 is 0. The SMILES string of the molecule is CS(=O)(=O)CC(=O)N1CCN(c2ccc(N)cn2)CC1. The van der Waals surface area contributed by atoms with Crippen molar-refractivity contribution < 1.29 is 13.2 Å². The van der Waals surface area contributed by atoms with E-state index in [1.54, 1.807) is 17.2 Å². The summed E-state index contributed by atoms with van der Waals surface area (Å²) < 4.78 is 22.2. The highest BCUT2D eigenvalue weighted by atomic mass is 32.2. The Bertz CT molecular complexity index is 577. The molecule has 0 saturated carbocycles. The number of anilines is 2. The van der Waals surface area contributed by atoms with Gasteiger partial charge in [0.1, 0.15) is 11.6 Å². The molecule has 1 aliphatic heterocycles. The number of aromatic nitrogens is 1. The van der Waals surface area contributed by atoms with Crippen LogP contribution < -0.4 is 10.6 Å². The molecule has 2 heterocycles. The number of sulfone groups is 1. The maximum absolute atomic E-state index is 11.8. The lowest BCUT2D eigenvalue weighted by Crippen LogP contribution is -2.50. The van der Waals surface area contributed by atoms with Crippen LogP contribution in [-0.2, 0) is 14.6 Å². The van der Waals surface area contributed by atoms with Gasteiger partial charge in [-0.3, -0.25) is 4.79 Å². The number of nitrogens with zero attached hydrogens (tertiary/aromatic N) is 3. The second-order valence-corrected chi connectivity index (χ2v) is 7.03. The molecule has 1 amide bonds. The van der Waals surface area contributed by atoms with Crippen LogP contribution in [-0.4, -0.2) is 62.4 Å². The van der Waals surface area contributed by atoms with Crippen LogP contribution in [0.1, 0.15) is 0 Å². The quantitative estimate of drug-likeness (QED) is 0.797. The van der Waals surface area contributed by atoms with Crippen molar-refractivity contribution in [1.82, 2.24) is 9.88 Å². The lowest BCUT2D eigenvalue weighted by Gasteiger charge is -2.35. The minimum absolute atomic E-state index is 0.336. The molecule has 1 fully saturated rings. The largest absolute Gasteiger partial charge is 0.397 e. The molecular weight excluding hydrogens is 280 g/mol. The molecule has 7 nitrogen and oxygen atoms in total. The van der Waals surface area contributed by atoms with Gasteiger partial charge < -0.3 is 15.5 Å². The molecule has 0 radical (unpaired) electrons. The molecule has 20 heavy (non-hydrogen) atoms. The van der Waals surface area contributed by atoms with Gasteiger partial charge in [-0.25, -0.2) is 13.4 Å². The summed E-state index contributed by atoms with van der Waals surface area (Å²) in [5.74, 6) is 0.0551. The Balaban J connectivity index is 1.92. The lowest BCUT2D eigenvalue weighted by molar-refractivity contribution is -0.128. The third-order valence-electron chi connectivity index (χ3n) is 3.11. The average Bonchev–Trinajstić information content (AvgIpc) is 2.38. The van der Waals surface area contributed by atoms with Crippen LogP contribution in [0, 0.1) is 0 Å². The molecule has 0 aliphatic carbocycles. The first-order valence-corrected chi connectivity index (χ1v) is 8.33. The van der Waals surface area contributed by atoms with Crippen molar-refractivity contribution in [1.29, 1.82) is 0 Å². The Morgan fingerprint density at radius 2 is 1.95 bits per heavy atom. The van der Waals surface area contributed by atoms with Crippen molar-refractivity contribution in [2.75, 3.05) is 48.8 Å². The summed E-state index contributed by atoms with van der Waals surface area (Å²) in [5.41, 5.74) is 6.19. The predicted molar refractivity (Wildman–Crippen MR) is 77.2 cm³/mol. The zero-order valence-electron chi connectivity index (χ0n) is 11.3. The molecular formula is C12H18N4O3S. The number of carbonyl (C=O) groups is 1. The van der Waals surface area contributed by atoms with E-state index >= 15 is 0 Å². The molecule has 2 rings (SSSR count). The lowest BCUT2D eigenvalue weighted by atomic mass is 10.3. The number of pyridine rings is 1. The molecule has 1 aromatic heterocycles. The van der Waals surface area contributed by atoms with Gasteiger partial charge in [0.2, 0.25) is 5.91 Å². The number of carbonyl (C=O) groups excluding carboxylic acids is 1. The monoisotopic (exact) mass is 298 g/mol.